The summed E-state index contributed by atoms with van der Waals surface area (Å²) in [6, 6.07) is 3.81. The summed E-state index contributed by atoms with van der Waals surface area (Å²) in [5, 5.41) is 0. The van der Waals surface area contributed by atoms with Gasteiger partial charge in [0.15, 0.2) is 0 Å². The van der Waals surface area contributed by atoms with Crippen LogP contribution in [-0.2, 0) is 0 Å². The van der Waals surface area contributed by atoms with Crippen molar-refractivity contribution in [2.75, 3.05) is 30.8 Å². The van der Waals surface area contributed by atoms with Gasteiger partial charge in [-0.2, -0.15) is 4.98 Å². The van der Waals surface area contributed by atoms with E-state index in [2.05, 4.69) is 16.8 Å². The lowest BCUT2D eigenvalue weighted by Gasteiger charge is -2.17. The van der Waals surface area contributed by atoms with Gasteiger partial charge in [0, 0.05) is 13.1 Å². The van der Waals surface area contributed by atoms with Crippen molar-refractivity contribution < 1.29 is 4.74 Å². The van der Waals surface area contributed by atoms with Gasteiger partial charge in [-0.1, -0.05) is 6.92 Å². The molecule has 1 aromatic rings. The van der Waals surface area contributed by atoms with Gasteiger partial charge < -0.3 is 15.4 Å². The van der Waals surface area contributed by atoms with Crippen molar-refractivity contribution in [1.82, 2.24) is 4.98 Å². The number of nitrogens with zero attached hydrogens (tertiary/aromatic N) is 2. The third-order valence-corrected chi connectivity index (χ3v) is 2.82. The summed E-state index contributed by atoms with van der Waals surface area (Å²) in [6.07, 6.45) is 1.23. The Labute approximate surface area is 90.0 Å². The zero-order valence-corrected chi connectivity index (χ0v) is 9.23. The second-order valence-electron chi connectivity index (χ2n) is 4.11. The van der Waals surface area contributed by atoms with Crippen molar-refractivity contribution in [2.45, 2.75) is 13.3 Å². The van der Waals surface area contributed by atoms with E-state index in [0.29, 0.717) is 11.6 Å². The normalized spacial score (nSPS) is 20.7. The standard InChI is InChI=1S/C11H17N3O/c1-8-5-6-14(7-8)10-4-3-9(12)11(13-10)15-2/h3-4,8H,5-7,12H2,1-2H3. The largest absolute Gasteiger partial charge is 0.479 e. The first-order valence-electron chi connectivity index (χ1n) is 5.26. The summed E-state index contributed by atoms with van der Waals surface area (Å²) in [4.78, 5) is 6.66. The highest BCUT2D eigenvalue weighted by molar-refractivity contribution is 5.54. The summed E-state index contributed by atoms with van der Waals surface area (Å²) in [5.41, 5.74) is 6.31. The Kier molecular flexibility index (Phi) is 2.66. The van der Waals surface area contributed by atoms with E-state index in [1.807, 2.05) is 12.1 Å². The number of methoxy groups -OCH3 is 1. The van der Waals surface area contributed by atoms with Crippen molar-refractivity contribution in [3.8, 4) is 5.88 Å². The Morgan fingerprint density at radius 1 is 1.53 bits per heavy atom. The first kappa shape index (κ1) is 10.1. The maximum atomic E-state index is 5.72. The summed E-state index contributed by atoms with van der Waals surface area (Å²) >= 11 is 0. The van der Waals surface area contributed by atoms with Gasteiger partial charge in [0.05, 0.1) is 12.8 Å². The smallest absolute Gasteiger partial charge is 0.238 e. The van der Waals surface area contributed by atoms with Gasteiger partial charge in [-0.3, -0.25) is 0 Å². The lowest BCUT2D eigenvalue weighted by molar-refractivity contribution is 0.400. The molecule has 2 rings (SSSR count). The van der Waals surface area contributed by atoms with Crippen LogP contribution in [0.25, 0.3) is 0 Å². The Bertz CT molecular complexity index is 354. The minimum absolute atomic E-state index is 0.520. The molecule has 2 heterocycles. The summed E-state index contributed by atoms with van der Waals surface area (Å²) in [7, 11) is 1.59. The van der Waals surface area contributed by atoms with Crippen LogP contribution < -0.4 is 15.4 Å². The monoisotopic (exact) mass is 207 g/mol. The van der Waals surface area contributed by atoms with E-state index in [4.69, 9.17) is 10.5 Å². The SMILES string of the molecule is COc1nc(N2CCC(C)C2)ccc1N. The van der Waals surface area contributed by atoms with Crippen LogP contribution in [0.4, 0.5) is 11.5 Å². The zero-order valence-electron chi connectivity index (χ0n) is 9.23. The van der Waals surface area contributed by atoms with E-state index >= 15 is 0 Å². The predicted octanol–water partition coefficient (Wildman–Crippen LogP) is 1.52. The molecular formula is C11H17N3O. The van der Waals surface area contributed by atoms with Crippen molar-refractivity contribution in [3.63, 3.8) is 0 Å². The molecule has 1 aliphatic heterocycles. The maximum absolute atomic E-state index is 5.72. The second kappa shape index (κ2) is 3.96. The predicted molar refractivity (Wildman–Crippen MR) is 61.2 cm³/mol. The molecule has 0 saturated carbocycles. The van der Waals surface area contributed by atoms with Gasteiger partial charge in [-0.05, 0) is 24.5 Å². The molecule has 4 nitrogen and oxygen atoms in total. The van der Waals surface area contributed by atoms with E-state index in [1.54, 1.807) is 7.11 Å². The molecule has 0 radical (unpaired) electrons. The van der Waals surface area contributed by atoms with Crippen LogP contribution in [0.2, 0.25) is 0 Å². The quantitative estimate of drug-likeness (QED) is 0.798. The molecule has 1 saturated heterocycles. The second-order valence-corrected chi connectivity index (χ2v) is 4.11. The maximum Gasteiger partial charge on any atom is 0.238 e. The van der Waals surface area contributed by atoms with Crippen LogP contribution in [0.3, 0.4) is 0 Å². The fourth-order valence-corrected chi connectivity index (χ4v) is 1.92. The zero-order chi connectivity index (χ0) is 10.8. The Morgan fingerprint density at radius 2 is 2.33 bits per heavy atom. The fourth-order valence-electron chi connectivity index (χ4n) is 1.92. The highest BCUT2D eigenvalue weighted by Crippen LogP contribution is 2.26. The van der Waals surface area contributed by atoms with E-state index in [-0.39, 0.29) is 0 Å². The molecule has 1 aliphatic rings. The van der Waals surface area contributed by atoms with Crippen molar-refractivity contribution >= 4 is 11.5 Å². The highest BCUT2D eigenvalue weighted by Gasteiger charge is 2.20. The van der Waals surface area contributed by atoms with Crippen molar-refractivity contribution in [3.05, 3.63) is 12.1 Å². The summed E-state index contributed by atoms with van der Waals surface area (Å²) < 4.78 is 5.11. The molecule has 0 bridgehead atoms. The van der Waals surface area contributed by atoms with Crippen LogP contribution in [-0.4, -0.2) is 25.2 Å². The third kappa shape index (κ3) is 1.98. The average Bonchev–Trinajstić information content (AvgIpc) is 2.66. The van der Waals surface area contributed by atoms with Crippen molar-refractivity contribution in [2.24, 2.45) is 5.92 Å². The fraction of sp³-hybridized carbons (Fsp3) is 0.545. The van der Waals surface area contributed by atoms with Crippen LogP contribution in [0.1, 0.15) is 13.3 Å². The number of rotatable bonds is 2. The van der Waals surface area contributed by atoms with Gasteiger partial charge in [-0.15, -0.1) is 0 Å². The summed E-state index contributed by atoms with van der Waals surface area (Å²) in [5.74, 6) is 2.23. The molecule has 0 aromatic carbocycles. The van der Waals surface area contributed by atoms with Crippen LogP contribution in [0.5, 0.6) is 5.88 Å². The molecule has 1 unspecified atom stereocenters. The number of pyridine rings is 1. The Balaban J connectivity index is 2.21. The van der Waals surface area contributed by atoms with Gasteiger partial charge in [-0.25, -0.2) is 0 Å². The van der Waals surface area contributed by atoms with E-state index in [0.717, 1.165) is 24.8 Å². The van der Waals surface area contributed by atoms with E-state index in [9.17, 15) is 0 Å². The molecule has 0 spiro atoms. The van der Waals surface area contributed by atoms with Crippen molar-refractivity contribution in [1.29, 1.82) is 0 Å². The molecular weight excluding hydrogens is 190 g/mol. The molecule has 15 heavy (non-hydrogen) atoms. The molecule has 82 valence electrons. The lowest BCUT2D eigenvalue weighted by Crippen LogP contribution is -2.20. The molecule has 0 aliphatic carbocycles. The molecule has 4 heteroatoms. The van der Waals surface area contributed by atoms with Crippen LogP contribution >= 0.6 is 0 Å². The molecule has 2 N–H and O–H groups in total. The number of ether oxygens (including phenoxy) is 1. The topological polar surface area (TPSA) is 51.4 Å². The van der Waals surface area contributed by atoms with Gasteiger partial charge in [0.2, 0.25) is 5.88 Å². The highest BCUT2D eigenvalue weighted by atomic mass is 16.5. The van der Waals surface area contributed by atoms with Crippen LogP contribution in [0, 0.1) is 5.92 Å². The van der Waals surface area contributed by atoms with E-state index in [1.165, 1.54) is 6.42 Å². The number of hydrogen-bond donors (Lipinski definition) is 1. The number of aromatic nitrogens is 1. The van der Waals surface area contributed by atoms with E-state index < -0.39 is 0 Å². The first-order valence-corrected chi connectivity index (χ1v) is 5.26. The number of anilines is 2. The molecule has 1 aromatic heterocycles. The molecule has 0 amide bonds. The van der Waals surface area contributed by atoms with Gasteiger partial charge in [0.1, 0.15) is 5.82 Å². The summed E-state index contributed by atoms with van der Waals surface area (Å²) in [6.45, 7) is 4.40. The van der Waals surface area contributed by atoms with Crippen LogP contribution in [0.15, 0.2) is 12.1 Å². The third-order valence-electron chi connectivity index (χ3n) is 2.82. The number of nitrogen functional groups attached to an aromatic ring is 1. The number of nitrogens with two attached hydrogens (primary N) is 1. The molecule has 1 fully saturated rings. The lowest BCUT2D eigenvalue weighted by atomic mass is 10.2. The Morgan fingerprint density at radius 3 is 2.93 bits per heavy atom. The minimum Gasteiger partial charge on any atom is -0.479 e. The Hall–Kier alpha value is -1.45. The molecule has 1 atom stereocenters. The first-order chi connectivity index (χ1) is 7.20. The number of hydrogen-bond acceptors (Lipinski definition) is 4. The minimum atomic E-state index is 0.520. The van der Waals surface area contributed by atoms with Gasteiger partial charge >= 0.3 is 0 Å². The average molecular weight is 207 g/mol. The van der Waals surface area contributed by atoms with Gasteiger partial charge in [0.25, 0.3) is 0 Å².